The minimum atomic E-state index is -0.723. The Bertz CT molecular complexity index is 1240. The first kappa shape index (κ1) is 21.1. The fourth-order valence-electron chi connectivity index (χ4n) is 3.71. The average Bonchev–Trinajstić information content (AvgIpc) is 2.92. The lowest BCUT2D eigenvalue weighted by atomic mass is 10.00. The van der Waals surface area contributed by atoms with Crippen LogP contribution in [0.1, 0.15) is 53.9 Å². The van der Waals surface area contributed by atoms with Gasteiger partial charge in [-0.3, -0.25) is 4.57 Å². The third-order valence-corrected chi connectivity index (χ3v) is 5.09. The Balaban J connectivity index is 2.00. The molecule has 4 rings (SSSR count). The second-order valence-electron chi connectivity index (χ2n) is 8.32. The minimum absolute atomic E-state index is 0.0592. The van der Waals surface area contributed by atoms with E-state index in [2.05, 4.69) is 4.98 Å². The molecule has 0 N–H and O–H groups in total. The number of hydrogen-bond donors (Lipinski definition) is 0. The Labute approximate surface area is 184 Å². The van der Waals surface area contributed by atoms with Crippen LogP contribution in [0.4, 0.5) is 4.39 Å². The molecule has 0 saturated carbocycles. The molecule has 1 aliphatic rings. The van der Waals surface area contributed by atoms with Crippen LogP contribution >= 0.6 is 11.6 Å². The highest BCUT2D eigenvalue weighted by Crippen LogP contribution is 2.31. The lowest BCUT2D eigenvalue weighted by molar-refractivity contribution is -0.474. The molecule has 0 fully saturated rings. The zero-order chi connectivity index (χ0) is 22.5. The number of carbonyl (C=O) groups excluding carboxylic acids is 1. The lowest BCUT2D eigenvalue weighted by Gasteiger charge is -2.19. The van der Waals surface area contributed by atoms with E-state index in [9.17, 15) is 14.4 Å². The van der Waals surface area contributed by atoms with Gasteiger partial charge in [0.05, 0.1) is 16.8 Å². The maximum atomic E-state index is 14.7. The molecule has 1 aromatic heterocycles. The Hall–Kier alpha value is -3.19. The number of halogens is 2. The average molecular weight is 442 g/mol. The number of esters is 1. The summed E-state index contributed by atoms with van der Waals surface area (Å²) in [5.74, 6) is -0.650. The van der Waals surface area contributed by atoms with E-state index in [1.165, 1.54) is 6.07 Å². The number of aromatic nitrogens is 2. The van der Waals surface area contributed by atoms with Crippen LogP contribution in [0.2, 0.25) is 5.02 Å². The zero-order valence-corrected chi connectivity index (χ0v) is 18.3. The van der Waals surface area contributed by atoms with Gasteiger partial charge in [0.1, 0.15) is 22.9 Å². The fourth-order valence-corrected chi connectivity index (χ4v) is 3.88. The molecule has 0 saturated heterocycles. The van der Waals surface area contributed by atoms with Crippen molar-refractivity contribution in [3.05, 3.63) is 86.9 Å². The largest absolute Gasteiger partial charge is 0.623 e. The van der Waals surface area contributed by atoms with Crippen LogP contribution in [0.25, 0.3) is 5.69 Å². The molecule has 0 aliphatic carbocycles. The molecule has 2 aromatic carbocycles. The number of fused-ring (bicyclic) bond motifs is 3. The standard InChI is InChI=1S/C23H21ClFN3O3/c1-13-26-20(22(29)31-23(2,3)4)19-12-27(30)21(15-7-5-6-8-17(15)25)16-11-14(24)9-10-18(16)28(13)19/h5-11H,12H2,1-4H3. The molecule has 0 radical (unpaired) electrons. The minimum Gasteiger partial charge on any atom is -0.623 e. The van der Waals surface area contributed by atoms with Crippen LogP contribution < -0.4 is 0 Å². The number of hydrogen-bond acceptors (Lipinski definition) is 4. The van der Waals surface area contributed by atoms with Crippen molar-refractivity contribution in [2.75, 3.05) is 0 Å². The molecule has 2 heterocycles. The highest BCUT2D eigenvalue weighted by Gasteiger charge is 2.34. The van der Waals surface area contributed by atoms with Gasteiger partial charge < -0.3 is 9.94 Å². The van der Waals surface area contributed by atoms with Crippen molar-refractivity contribution >= 4 is 23.3 Å². The van der Waals surface area contributed by atoms with Gasteiger partial charge >= 0.3 is 5.97 Å². The zero-order valence-electron chi connectivity index (χ0n) is 17.6. The van der Waals surface area contributed by atoms with Crippen molar-refractivity contribution in [3.63, 3.8) is 0 Å². The summed E-state index contributed by atoms with van der Waals surface area (Å²) in [6.45, 7) is 6.79. The second kappa shape index (κ2) is 7.50. The quantitative estimate of drug-likeness (QED) is 0.325. The Kier molecular flexibility index (Phi) is 5.09. The smallest absolute Gasteiger partial charge is 0.359 e. The van der Waals surface area contributed by atoms with Crippen LogP contribution in [0.15, 0.2) is 42.5 Å². The predicted octanol–water partition coefficient (Wildman–Crippen LogP) is 4.79. The van der Waals surface area contributed by atoms with Gasteiger partial charge in [0.15, 0.2) is 12.2 Å². The van der Waals surface area contributed by atoms with Gasteiger partial charge in [-0.1, -0.05) is 23.7 Å². The summed E-state index contributed by atoms with van der Waals surface area (Å²) >= 11 is 6.24. The number of hydroxylamine groups is 1. The molecule has 6 nitrogen and oxygen atoms in total. The Morgan fingerprint density at radius 2 is 1.94 bits per heavy atom. The number of nitrogens with zero attached hydrogens (tertiary/aromatic N) is 3. The highest BCUT2D eigenvalue weighted by molar-refractivity contribution is 6.31. The first-order valence-electron chi connectivity index (χ1n) is 9.75. The summed E-state index contributed by atoms with van der Waals surface area (Å²) in [6.07, 6.45) is 0. The van der Waals surface area contributed by atoms with Crippen LogP contribution in [-0.2, 0) is 11.3 Å². The van der Waals surface area contributed by atoms with Crippen LogP contribution in [-0.4, -0.2) is 31.6 Å². The topological polar surface area (TPSA) is 70.2 Å². The molecule has 0 unspecified atom stereocenters. The molecule has 0 spiro atoms. The molecule has 1 aliphatic heterocycles. The third-order valence-electron chi connectivity index (χ3n) is 4.86. The van der Waals surface area contributed by atoms with Crippen molar-refractivity contribution in [1.82, 2.24) is 9.55 Å². The third kappa shape index (κ3) is 3.81. The first-order chi connectivity index (χ1) is 14.6. The van der Waals surface area contributed by atoms with E-state index in [1.54, 1.807) is 68.7 Å². The number of ether oxygens (including phenoxy) is 1. The Morgan fingerprint density at radius 1 is 1.23 bits per heavy atom. The van der Waals surface area contributed by atoms with Crippen LogP contribution in [0.3, 0.4) is 0 Å². The molecule has 3 aromatic rings. The van der Waals surface area contributed by atoms with E-state index >= 15 is 0 Å². The van der Waals surface area contributed by atoms with Crippen molar-refractivity contribution in [2.24, 2.45) is 0 Å². The maximum absolute atomic E-state index is 14.7. The van der Waals surface area contributed by atoms with Crippen molar-refractivity contribution in [3.8, 4) is 5.69 Å². The second-order valence-corrected chi connectivity index (χ2v) is 8.75. The van der Waals surface area contributed by atoms with Gasteiger partial charge in [0.25, 0.3) is 0 Å². The van der Waals surface area contributed by atoms with E-state index < -0.39 is 17.4 Å². The van der Waals surface area contributed by atoms with Gasteiger partial charge in [-0.05, 0) is 58.0 Å². The SMILES string of the molecule is Cc1nc(C(=O)OC(C)(C)C)c2n1-c1ccc(Cl)cc1C(c1ccccc1F)=[N+]([O-])C2. The molecular formula is C23H21ClFN3O3. The summed E-state index contributed by atoms with van der Waals surface area (Å²) in [4.78, 5) is 17.2. The highest BCUT2D eigenvalue weighted by atomic mass is 35.5. The normalized spacial score (nSPS) is 13.5. The Morgan fingerprint density at radius 3 is 2.61 bits per heavy atom. The molecule has 0 amide bonds. The van der Waals surface area contributed by atoms with E-state index in [0.29, 0.717) is 32.5 Å². The molecule has 0 atom stereocenters. The number of rotatable bonds is 2. The molecule has 31 heavy (non-hydrogen) atoms. The van der Waals surface area contributed by atoms with Crippen LogP contribution in [0.5, 0.6) is 0 Å². The van der Waals surface area contributed by atoms with Gasteiger partial charge in [-0.25, -0.2) is 14.2 Å². The number of carbonyl (C=O) groups is 1. The molecule has 0 bridgehead atoms. The summed E-state index contributed by atoms with van der Waals surface area (Å²) in [6, 6.07) is 11.1. The maximum Gasteiger partial charge on any atom is 0.359 e. The summed E-state index contributed by atoms with van der Waals surface area (Å²) in [5, 5.41) is 13.7. The lowest BCUT2D eigenvalue weighted by Crippen LogP contribution is -2.25. The first-order valence-corrected chi connectivity index (χ1v) is 10.1. The van der Waals surface area contributed by atoms with Crippen molar-refractivity contribution in [2.45, 2.75) is 39.8 Å². The predicted molar refractivity (Wildman–Crippen MR) is 115 cm³/mol. The number of benzene rings is 2. The van der Waals surface area contributed by atoms with Crippen molar-refractivity contribution in [1.29, 1.82) is 0 Å². The number of aryl methyl sites for hydroxylation is 1. The van der Waals surface area contributed by atoms with E-state index in [-0.39, 0.29) is 23.5 Å². The molecule has 160 valence electrons. The molecular weight excluding hydrogens is 421 g/mol. The van der Waals surface area contributed by atoms with Gasteiger partial charge in [-0.15, -0.1) is 0 Å². The van der Waals surface area contributed by atoms with E-state index in [0.717, 1.165) is 0 Å². The summed E-state index contributed by atoms with van der Waals surface area (Å²) < 4.78 is 22.6. The van der Waals surface area contributed by atoms with E-state index in [4.69, 9.17) is 16.3 Å². The van der Waals surface area contributed by atoms with Crippen LogP contribution in [0, 0.1) is 17.9 Å². The molecule has 8 heteroatoms. The van der Waals surface area contributed by atoms with E-state index in [1.807, 2.05) is 0 Å². The monoisotopic (exact) mass is 441 g/mol. The van der Waals surface area contributed by atoms with Gasteiger partial charge in [-0.2, -0.15) is 4.74 Å². The van der Waals surface area contributed by atoms with Gasteiger partial charge in [0, 0.05) is 5.02 Å². The van der Waals surface area contributed by atoms with Crippen molar-refractivity contribution < 1.29 is 18.7 Å². The number of imidazole rings is 1. The van der Waals surface area contributed by atoms with Gasteiger partial charge in [0.2, 0.25) is 5.71 Å². The summed E-state index contributed by atoms with van der Waals surface area (Å²) in [5.41, 5.74) is 1.02. The summed E-state index contributed by atoms with van der Waals surface area (Å²) in [7, 11) is 0. The fraction of sp³-hybridized carbons (Fsp3) is 0.261.